The first-order valence-corrected chi connectivity index (χ1v) is 8.54. The Morgan fingerprint density at radius 1 is 0.421 bits per heavy atom. The molecule has 0 heterocycles. The summed E-state index contributed by atoms with van der Waals surface area (Å²) in [5.74, 6) is 0. The van der Waals surface area contributed by atoms with E-state index in [2.05, 4.69) is 41.5 Å². The fourth-order valence-electron chi connectivity index (χ4n) is 6.15. The molecule has 0 aromatic carbocycles. The third-order valence-electron chi connectivity index (χ3n) is 4.47. The van der Waals surface area contributed by atoms with Crippen LogP contribution in [0.3, 0.4) is 0 Å². The van der Waals surface area contributed by atoms with E-state index < -0.39 is 0 Å². The second-order valence-electron chi connectivity index (χ2n) is 8.83. The molecule has 0 spiro atoms. The van der Waals surface area contributed by atoms with Crippen molar-refractivity contribution in [3.8, 4) is 0 Å². The van der Waals surface area contributed by atoms with Gasteiger partial charge in [-0.05, 0) is 53.8 Å². The molecule has 2 aliphatic rings. The molecule has 19 heavy (non-hydrogen) atoms. The molecular weight excluding hydrogens is 228 g/mol. The van der Waals surface area contributed by atoms with Gasteiger partial charge in [-0.1, -0.05) is 69.2 Å². The molecule has 2 fully saturated rings. The van der Waals surface area contributed by atoms with Crippen molar-refractivity contribution in [2.75, 3.05) is 0 Å². The van der Waals surface area contributed by atoms with Crippen molar-refractivity contribution in [2.24, 2.45) is 21.7 Å². The van der Waals surface area contributed by atoms with Gasteiger partial charge in [0.1, 0.15) is 0 Å². The highest BCUT2D eigenvalue weighted by Gasteiger charge is 2.53. The molecule has 0 aromatic heterocycles. The summed E-state index contributed by atoms with van der Waals surface area (Å²) >= 11 is 0. The van der Waals surface area contributed by atoms with Crippen molar-refractivity contribution in [2.45, 2.75) is 101 Å². The zero-order valence-electron chi connectivity index (χ0n) is 15.5. The number of hydrogen-bond acceptors (Lipinski definition) is 0. The standard InChI is InChI=1S/C15H28.2C2H6/c1-12(2)7-14(5)9-13(3,4)10-15(6,8-12)11-14;2*1-2/h7-11H2,1-6H3;2*1-2H3. The highest BCUT2D eigenvalue weighted by molar-refractivity contribution is 5.04. The monoisotopic (exact) mass is 268 g/mol. The van der Waals surface area contributed by atoms with Crippen molar-refractivity contribution in [3.05, 3.63) is 0 Å². The molecular formula is C19H40. The third-order valence-corrected chi connectivity index (χ3v) is 4.47. The molecule has 116 valence electrons. The number of fused-ring (bicyclic) bond motifs is 2. The average Bonchev–Trinajstić information content (AvgIpc) is 2.14. The van der Waals surface area contributed by atoms with Gasteiger partial charge in [0.15, 0.2) is 0 Å². The highest BCUT2D eigenvalue weighted by Crippen LogP contribution is 2.64. The van der Waals surface area contributed by atoms with Crippen LogP contribution < -0.4 is 0 Å². The summed E-state index contributed by atoms with van der Waals surface area (Å²) in [4.78, 5) is 0. The summed E-state index contributed by atoms with van der Waals surface area (Å²) < 4.78 is 0. The molecule has 0 saturated heterocycles. The summed E-state index contributed by atoms with van der Waals surface area (Å²) in [7, 11) is 0. The van der Waals surface area contributed by atoms with Gasteiger partial charge in [0.25, 0.3) is 0 Å². The molecule has 0 aromatic rings. The lowest BCUT2D eigenvalue weighted by Crippen LogP contribution is -2.49. The van der Waals surface area contributed by atoms with E-state index in [1.54, 1.807) is 0 Å². The lowest BCUT2D eigenvalue weighted by molar-refractivity contribution is -0.0916. The summed E-state index contributed by atoms with van der Waals surface area (Å²) in [6, 6.07) is 0. The van der Waals surface area contributed by atoms with Crippen molar-refractivity contribution in [1.82, 2.24) is 0 Å². The van der Waals surface area contributed by atoms with Gasteiger partial charge in [-0.15, -0.1) is 0 Å². The van der Waals surface area contributed by atoms with Crippen LogP contribution in [0.25, 0.3) is 0 Å². The quantitative estimate of drug-likeness (QED) is 0.440. The van der Waals surface area contributed by atoms with Gasteiger partial charge in [-0.2, -0.15) is 0 Å². The lowest BCUT2D eigenvalue weighted by atomic mass is 9.45. The van der Waals surface area contributed by atoms with E-state index in [0.29, 0.717) is 21.7 Å². The van der Waals surface area contributed by atoms with Crippen molar-refractivity contribution in [1.29, 1.82) is 0 Å². The van der Waals surface area contributed by atoms with Gasteiger partial charge in [0.05, 0.1) is 0 Å². The molecule has 0 radical (unpaired) electrons. The van der Waals surface area contributed by atoms with Crippen LogP contribution in [0.15, 0.2) is 0 Å². The second-order valence-corrected chi connectivity index (χ2v) is 8.83. The highest BCUT2D eigenvalue weighted by atomic mass is 14.6. The fourth-order valence-corrected chi connectivity index (χ4v) is 6.15. The Bertz CT molecular complexity index is 215. The summed E-state index contributed by atoms with van der Waals surface area (Å²) in [6.07, 6.45) is 7.18. The van der Waals surface area contributed by atoms with Crippen molar-refractivity contribution in [3.63, 3.8) is 0 Å². The maximum atomic E-state index is 2.53. The Morgan fingerprint density at radius 2 is 0.632 bits per heavy atom. The van der Waals surface area contributed by atoms with E-state index in [0.717, 1.165) is 0 Å². The average molecular weight is 269 g/mol. The van der Waals surface area contributed by atoms with Gasteiger partial charge in [-0.3, -0.25) is 0 Å². The van der Waals surface area contributed by atoms with E-state index in [1.165, 1.54) is 32.1 Å². The molecule has 2 bridgehead atoms. The molecule has 2 aliphatic carbocycles. The molecule has 2 saturated carbocycles. The van der Waals surface area contributed by atoms with Crippen LogP contribution in [-0.4, -0.2) is 0 Å². The molecule has 0 N–H and O–H groups in total. The second kappa shape index (κ2) is 6.19. The Balaban J connectivity index is 0.000000741. The number of hydrogen-bond donors (Lipinski definition) is 0. The molecule has 0 nitrogen and oxygen atoms in total. The minimum atomic E-state index is 0.568. The van der Waals surface area contributed by atoms with Crippen LogP contribution in [0.5, 0.6) is 0 Å². The van der Waals surface area contributed by atoms with Crippen LogP contribution in [0.4, 0.5) is 0 Å². The molecule has 0 amide bonds. The van der Waals surface area contributed by atoms with Gasteiger partial charge in [0.2, 0.25) is 0 Å². The van der Waals surface area contributed by atoms with Crippen molar-refractivity contribution < 1.29 is 0 Å². The summed E-state index contributed by atoms with van der Waals surface area (Å²) in [5.41, 5.74) is 2.35. The smallest absolute Gasteiger partial charge is 0.0311 e. The van der Waals surface area contributed by atoms with Crippen LogP contribution in [-0.2, 0) is 0 Å². The van der Waals surface area contributed by atoms with E-state index in [1.807, 2.05) is 27.7 Å². The largest absolute Gasteiger partial charge is 0.0683 e. The Hall–Kier alpha value is 0. The maximum Gasteiger partial charge on any atom is -0.0311 e. The zero-order chi connectivity index (χ0) is 15.5. The van der Waals surface area contributed by atoms with E-state index in [4.69, 9.17) is 0 Å². The zero-order valence-corrected chi connectivity index (χ0v) is 15.5. The minimum Gasteiger partial charge on any atom is -0.0683 e. The van der Waals surface area contributed by atoms with Crippen LogP contribution >= 0.6 is 0 Å². The Kier molecular flexibility index (Phi) is 6.19. The van der Waals surface area contributed by atoms with E-state index in [9.17, 15) is 0 Å². The third kappa shape index (κ3) is 5.12. The predicted molar refractivity (Wildman–Crippen MR) is 89.6 cm³/mol. The molecule has 2 rings (SSSR count). The van der Waals surface area contributed by atoms with E-state index >= 15 is 0 Å². The first kappa shape index (κ1) is 19.0. The molecule has 0 unspecified atom stereocenters. The van der Waals surface area contributed by atoms with Crippen molar-refractivity contribution >= 4 is 0 Å². The SMILES string of the molecule is CC.CC.CC1(C)CC2(C)CC(C)(C)CC(C)(C1)C2. The summed E-state index contributed by atoms with van der Waals surface area (Å²) in [6.45, 7) is 23.0. The molecule has 0 aliphatic heterocycles. The van der Waals surface area contributed by atoms with Crippen LogP contribution in [0.2, 0.25) is 0 Å². The van der Waals surface area contributed by atoms with Gasteiger partial charge in [-0.25, -0.2) is 0 Å². The number of rotatable bonds is 0. The maximum absolute atomic E-state index is 2.53. The van der Waals surface area contributed by atoms with Crippen LogP contribution in [0, 0.1) is 21.7 Å². The Labute approximate surface area is 123 Å². The Morgan fingerprint density at radius 3 is 0.842 bits per heavy atom. The van der Waals surface area contributed by atoms with Gasteiger partial charge < -0.3 is 0 Å². The minimum absolute atomic E-state index is 0.568. The summed E-state index contributed by atoms with van der Waals surface area (Å²) in [5, 5.41) is 0. The lowest BCUT2D eigenvalue weighted by Gasteiger charge is -2.60. The van der Waals surface area contributed by atoms with E-state index in [-0.39, 0.29) is 0 Å². The first-order valence-electron chi connectivity index (χ1n) is 8.54. The molecule has 0 atom stereocenters. The van der Waals surface area contributed by atoms with Gasteiger partial charge >= 0.3 is 0 Å². The predicted octanol–water partition coefficient (Wildman–Crippen LogP) is 7.08. The van der Waals surface area contributed by atoms with Gasteiger partial charge in [0, 0.05) is 0 Å². The normalized spacial score (nSPS) is 38.2. The first-order chi connectivity index (χ1) is 8.54. The van der Waals surface area contributed by atoms with Crippen LogP contribution in [0.1, 0.15) is 101 Å². The fraction of sp³-hybridized carbons (Fsp3) is 1.00. The molecule has 0 heteroatoms. The topological polar surface area (TPSA) is 0 Å².